The molecule has 0 heterocycles. The van der Waals surface area contributed by atoms with E-state index in [1.165, 1.54) is 25.3 Å². The predicted molar refractivity (Wildman–Crippen MR) is 118 cm³/mol. The number of methoxy groups -OCH3 is 1. The molecule has 2 aromatic rings. The molecule has 8 nitrogen and oxygen atoms in total. The number of primary sulfonamides is 1. The molecule has 2 aromatic carbocycles. The van der Waals surface area contributed by atoms with Crippen molar-refractivity contribution in [2.75, 3.05) is 38.0 Å². The molecule has 0 bridgehead atoms. The number of sulfonamides is 1. The van der Waals surface area contributed by atoms with E-state index in [2.05, 4.69) is 11.9 Å². The summed E-state index contributed by atoms with van der Waals surface area (Å²) in [7, 11) is 1.18. The summed E-state index contributed by atoms with van der Waals surface area (Å²) in [5.74, 6) is 0.653. The van der Waals surface area contributed by atoms with Crippen molar-refractivity contribution in [2.24, 2.45) is 5.14 Å². The third-order valence-corrected chi connectivity index (χ3v) is 4.92. The standard InChI is InChI=1S/C21H25N3O5S/c1-5-12-29-19-10-6-15(13-20(19)28-4)7-11-21(25)23-17-14-16(30(22,26)27)8-9-18(17)24(2)3/h5-11,13-14H,1,12H2,2-4H3,(H,23,25)(H2,22,26,27). The number of nitrogens with two attached hydrogens (primary N) is 1. The van der Waals surface area contributed by atoms with Gasteiger partial charge in [0.15, 0.2) is 11.5 Å². The van der Waals surface area contributed by atoms with E-state index in [0.29, 0.717) is 29.5 Å². The molecule has 0 fully saturated rings. The van der Waals surface area contributed by atoms with E-state index < -0.39 is 15.9 Å². The number of hydrogen-bond acceptors (Lipinski definition) is 6. The zero-order valence-corrected chi connectivity index (χ0v) is 17.9. The number of nitrogens with one attached hydrogen (secondary N) is 1. The molecular weight excluding hydrogens is 406 g/mol. The SMILES string of the molecule is C=CCOc1ccc(C=CC(=O)Nc2cc(S(N)(=O)=O)ccc2N(C)C)cc1OC. The van der Waals surface area contributed by atoms with Gasteiger partial charge in [-0.3, -0.25) is 4.79 Å². The predicted octanol–water partition coefficient (Wildman–Crippen LogP) is 2.63. The van der Waals surface area contributed by atoms with Gasteiger partial charge in [-0.15, -0.1) is 0 Å². The quantitative estimate of drug-likeness (QED) is 0.466. The maximum atomic E-state index is 12.4. The zero-order valence-electron chi connectivity index (χ0n) is 17.1. The van der Waals surface area contributed by atoms with E-state index in [9.17, 15) is 13.2 Å². The lowest BCUT2D eigenvalue weighted by atomic mass is 10.2. The van der Waals surface area contributed by atoms with Gasteiger partial charge in [-0.1, -0.05) is 18.7 Å². The summed E-state index contributed by atoms with van der Waals surface area (Å²) in [4.78, 5) is 14.1. The molecule has 3 N–H and O–H groups in total. The molecule has 0 aliphatic carbocycles. The second kappa shape index (κ2) is 9.95. The first kappa shape index (κ1) is 23.0. The second-order valence-electron chi connectivity index (χ2n) is 6.45. The summed E-state index contributed by atoms with van der Waals surface area (Å²) in [6.07, 6.45) is 4.57. The van der Waals surface area contributed by atoms with Crippen molar-refractivity contribution in [3.05, 3.63) is 60.7 Å². The average Bonchev–Trinajstić information content (AvgIpc) is 2.70. The molecular formula is C21H25N3O5S. The van der Waals surface area contributed by atoms with E-state index in [1.807, 2.05) is 0 Å². The van der Waals surface area contributed by atoms with Crippen LogP contribution in [0.4, 0.5) is 11.4 Å². The van der Waals surface area contributed by atoms with Crippen LogP contribution in [0.1, 0.15) is 5.56 Å². The fraction of sp³-hybridized carbons (Fsp3) is 0.190. The molecule has 0 spiro atoms. The molecule has 9 heteroatoms. The number of anilines is 2. The van der Waals surface area contributed by atoms with E-state index in [0.717, 1.165) is 5.56 Å². The number of nitrogens with zero attached hydrogens (tertiary/aromatic N) is 1. The van der Waals surface area contributed by atoms with Gasteiger partial charge in [-0.05, 0) is 42.0 Å². The Bertz CT molecular complexity index is 1060. The highest BCUT2D eigenvalue weighted by atomic mass is 32.2. The second-order valence-corrected chi connectivity index (χ2v) is 8.01. The van der Waals surface area contributed by atoms with Crippen LogP contribution in [0.15, 0.2) is 60.0 Å². The number of amides is 1. The molecule has 0 unspecified atom stereocenters. The number of benzene rings is 2. The van der Waals surface area contributed by atoms with E-state index in [4.69, 9.17) is 14.6 Å². The van der Waals surface area contributed by atoms with Gasteiger partial charge < -0.3 is 19.7 Å². The summed E-state index contributed by atoms with van der Waals surface area (Å²) in [5, 5.41) is 7.88. The van der Waals surface area contributed by atoms with Crippen LogP contribution in [-0.4, -0.2) is 42.1 Å². The van der Waals surface area contributed by atoms with E-state index >= 15 is 0 Å². The van der Waals surface area contributed by atoms with Gasteiger partial charge in [-0.2, -0.15) is 0 Å². The molecule has 1 amide bonds. The Morgan fingerprint density at radius 3 is 2.53 bits per heavy atom. The van der Waals surface area contributed by atoms with Crippen LogP contribution < -0.4 is 24.8 Å². The minimum absolute atomic E-state index is 0.0905. The van der Waals surface area contributed by atoms with Crippen LogP contribution >= 0.6 is 0 Å². The van der Waals surface area contributed by atoms with Gasteiger partial charge in [0.2, 0.25) is 15.9 Å². The topological polar surface area (TPSA) is 111 Å². The summed E-state index contributed by atoms with van der Waals surface area (Å²) in [6.45, 7) is 3.95. The molecule has 0 atom stereocenters. The monoisotopic (exact) mass is 431 g/mol. The van der Waals surface area contributed by atoms with Crippen molar-refractivity contribution in [1.82, 2.24) is 0 Å². The van der Waals surface area contributed by atoms with Crippen LogP contribution in [0.2, 0.25) is 0 Å². The fourth-order valence-corrected chi connectivity index (χ4v) is 3.12. The molecule has 0 aliphatic heterocycles. The highest BCUT2D eigenvalue weighted by Gasteiger charge is 2.14. The molecule has 160 valence electrons. The molecule has 0 aromatic heterocycles. The number of rotatable bonds is 9. The summed E-state index contributed by atoms with van der Waals surface area (Å²) < 4.78 is 34.1. The maximum Gasteiger partial charge on any atom is 0.248 e. The van der Waals surface area contributed by atoms with Crippen LogP contribution in [0.5, 0.6) is 11.5 Å². The summed E-state index contributed by atoms with van der Waals surface area (Å²) >= 11 is 0. The lowest BCUT2D eigenvalue weighted by molar-refractivity contribution is -0.111. The Morgan fingerprint density at radius 1 is 1.20 bits per heavy atom. The van der Waals surface area contributed by atoms with Crippen molar-refractivity contribution in [1.29, 1.82) is 0 Å². The third-order valence-electron chi connectivity index (χ3n) is 4.01. The highest BCUT2D eigenvalue weighted by Crippen LogP contribution is 2.29. The number of ether oxygens (including phenoxy) is 2. The lowest BCUT2D eigenvalue weighted by Crippen LogP contribution is -2.17. The van der Waals surface area contributed by atoms with E-state index in [1.54, 1.807) is 55.4 Å². The van der Waals surface area contributed by atoms with Crippen molar-refractivity contribution < 1.29 is 22.7 Å². The largest absolute Gasteiger partial charge is 0.493 e. The van der Waals surface area contributed by atoms with Gasteiger partial charge in [0.25, 0.3) is 0 Å². The van der Waals surface area contributed by atoms with Crippen LogP contribution in [0, 0.1) is 0 Å². The smallest absolute Gasteiger partial charge is 0.248 e. The molecule has 0 saturated heterocycles. The molecule has 30 heavy (non-hydrogen) atoms. The Kier molecular flexibility index (Phi) is 7.62. The van der Waals surface area contributed by atoms with Crippen molar-refractivity contribution in [2.45, 2.75) is 4.90 Å². The van der Waals surface area contributed by atoms with Crippen molar-refractivity contribution in [3.63, 3.8) is 0 Å². The Morgan fingerprint density at radius 2 is 1.93 bits per heavy atom. The highest BCUT2D eigenvalue weighted by molar-refractivity contribution is 7.89. The Labute approximate surface area is 176 Å². The number of carbonyl (C=O) groups excluding carboxylic acids is 1. The minimum Gasteiger partial charge on any atom is -0.493 e. The van der Waals surface area contributed by atoms with E-state index in [-0.39, 0.29) is 4.90 Å². The Hall–Kier alpha value is -3.30. The van der Waals surface area contributed by atoms with Crippen molar-refractivity contribution >= 4 is 33.4 Å². The maximum absolute atomic E-state index is 12.4. The summed E-state index contributed by atoms with van der Waals surface area (Å²) in [6, 6.07) is 9.53. The summed E-state index contributed by atoms with van der Waals surface area (Å²) in [5.41, 5.74) is 1.68. The Balaban J connectivity index is 2.23. The first-order valence-electron chi connectivity index (χ1n) is 8.90. The number of carbonyl (C=O) groups is 1. The van der Waals surface area contributed by atoms with Crippen LogP contribution in [-0.2, 0) is 14.8 Å². The fourth-order valence-electron chi connectivity index (χ4n) is 2.58. The van der Waals surface area contributed by atoms with Crippen LogP contribution in [0.25, 0.3) is 6.08 Å². The number of hydrogen-bond donors (Lipinski definition) is 2. The van der Waals surface area contributed by atoms with Gasteiger partial charge in [0, 0.05) is 20.2 Å². The first-order valence-corrected chi connectivity index (χ1v) is 10.5. The van der Waals surface area contributed by atoms with Crippen LogP contribution in [0.3, 0.4) is 0 Å². The normalized spacial score (nSPS) is 11.2. The molecule has 2 rings (SSSR count). The first-order chi connectivity index (χ1) is 14.2. The minimum atomic E-state index is -3.90. The van der Waals surface area contributed by atoms with Gasteiger partial charge in [0.1, 0.15) is 6.61 Å². The van der Waals surface area contributed by atoms with Crippen molar-refractivity contribution in [3.8, 4) is 11.5 Å². The van der Waals surface area contributed by atoms with Gasteiger partial charge in [-0.25, -0.2) is 13.6 Å². The van der Waals surface area contributed by atoms with Gasteiger partial charge in [0.05, 0.1) is 23.4 Å². The molecule has 0 radical (unpaired) electrons. The lowest BCUT2D eigenvalue weighted by Gasteiger charge is -2.18. The zero-order chi connectivity index (χ0) is 22.3. The molecule has 0 saturated carbocycles. The third kappa shape index (κ3) is 6.10. The van der Waals surface area contributed by atoms with Gasteiger partial charge >= 0.3 is 0 Å². The molecule has 0 aliphatic rings. The average molecular weight is 432 g/mol.